The Bertz CT molecular complexity index is 230. The smallest absolute Gasteiger partial charge is 0.129 e. The molecule has 3 heteroatoms. The van der Waals surface area contributed by atoms with Gasteiger partial charge in [0.25, 0.3) is 0 Å². The summed E-state index contributed by atoms with van der Waals surface area (Å²) in [5, 5.41) is 8.72. The molecule has 0 atom stereocenters. The number of nitrogens with zero attached hydrogens (tertiary/aromatic N) is 1. The molecule has 1 heterocycles. The van der Waals surface area contributed by atoms with Gasteiger partial charge in [-0.15, -0.1) is 0 Å². The molecule has 0 aliphatic rings. The lowest BCUT2D eigenvalue weighted by atomic mass is 10.3. The van der Waals surface area contributed by atoms with Crippen molar-refractivity contribution >= 4 is 0 Å². The zero-order valence-corrected chi connectivity index (χ0v) is 7.58. The highest BCUT2D eigenvalue weighted by molar-refractivity contribution is 5.06. The first-order valence-electron chi connectivity index (χ1n) is 4.05. The van der Waals surface area contributed by atoms with Gasteiger partial charge in [0, 0.05) is 13.0 Å². The van der Waals surface area contributed by atoms with Gasteiger partial charge < -0.3 is 14.4 Å². The Morgan fingerprint density at radius 3 is 2.50 bits per heavy atom. The number of aliphatic hydroxyl groups is 1. The highest BCUT2D eigenvalue weighted by Gasteiger charge is 2.00. The van der Waals surface area contributed by atoms with Crippen molar-refractivity contribution in [1.29, 1.82) is 0 Å². The van der Waals surface area contributed by atoms with Gasteiger partial charge in [0.1, 0.15) is 18.1 Å². The molecule has 0 fully saturated rings. The minimum Gasteiger partial charge on any atom is -0.464 e. The fourth-order valence-corrected chi connectivity index (χ4v) is 0.975. The predicted octanol–water partition coefficient (Wildman–Crippen LogP) is 0.876. The minimum absolute atomic E-state index is 0.0119. The molecule has 68 valence electrons. The average molecular weight is 169 g/mol. The van der Waals surface area contributed by atoms with E-state index in [2.05, 4.69) is 4.90 Å². The predicted molar refractivity (Wildman–Crippen MR) is 46.9 cm³/mol. The van der Waals surface area contributed by atoms with E-state index >= 15 is 0 Å². The maximum absolute atomic E-state index is 8.72. The van der Waals surface area contributed by atoms with Crippen LogP contribution in [0.4, 0.5) is 0 Å². The Labute approximate surface area is 72.6 Å². The fraction of sp³-hybridized carbons (Fsp3) is 0.556. The van der Waals surface area contributed by atoms with Crippen molar-refractivity contribution in [2.24, 2.45) is 0 Å². The van der Waals surface area contributed by atoms with E-state index in [9.17, 15) is 0 Å². The second-order valence-corrected chi connectivity index (χ2v) is 3.08. The van der Waals surface area contributed by atoms with Crippen LogP contribution in [0.5, 0.6) is 0 Å². The summed E-state index contributed by atoms with van der Waals surface area (Å²) in [6, 6.07) is 3.72. The van der Waals surface area contributed by atoms with Crippen LogP contribution in [0.2, 0.25) is 0 Å². The van der Waals surface area contributed by atoms with Crippen molar-refractivity contribution < 1.29 is 9.52 Å². The topological polar surface area (TPSA) is 36.6 Å². The Balaban J connectivity index is 2.41. The first-order valence-corrected chi connectivity index (χ1v) is 4.05. The van der Waals surface area contributed by atoms with Crippen molar-refractivity contribution in [2.75, 3.05) is 20.6 Å². The molecule has 1 N–H and O–H groups in total. The quantitative estimate of drug-likeness (QED) is 0.726. The van der Waals surface area contributed by atoms with Crippen molar-refractivity contribution in [3.05, 3.63) is 23.7 Å². The normalized spacial score (nSPS) is 11.0. The molecule has 0 saturated heterocycles. The number of furan rings is 1. The van der Waals surface area contributed by atoms with Gasteiger partial charge in [0.05, 0.1) is 0 Å². The van der Waals surface area contributed by atoms with E-state index in [1.807, 2.05) is 26.2 Å². The van der Waals surface area contributed by atoms with E-state index in [-0.39, 0.29) is 6.61 Å². The van der Waals surface area contributed by atoms with Crippen LogP contribution in [0.1, 0.15) is 11.5 Å². The maximum atomic E-state index is 8.72. The van der Waals surface area contributed by atoms with Gasteiger partial charge in [-0.3, -0.25) is 0 Å². The zero-order chi connectivity index (χ0) is 8.97. The van der Waals surface area contributed by atoms with Gasteiger partial charge in [-0.2, -0.15) is 0 Å². The van der Waals surface area contributed by atoms with Crippen LogP contribution in [-0.2, 0) is 13.0 Å². The van der Waals surface area contributed by atoms with Gasteiger partial charge in [0.15, 0.2) is 0 Å². The number of likely N-dealkylation sites (N-methyl/N-ethyl adjacent to an activating group) is 1. The van der Waals surface area contributed by atoms with Crippen molar-refractivity contribution in [1.82, 2.24) is 4.90 Å². The zero-order valence-electron chi connectivity index (χ0n) is 7.58. The van der Waals surface area contributed by atoms with Crippen molar-refractivity contribution in [3.8, 4) is 0 Å². The highest BCUT2D eigenvalue weighted by atomic mass is 16.4. The summed E-state index contributed by atoms with van der Waals surface area (Å²) in [5.74, 6) is 1.58. The molecule has 0 unspecified atom stereocenters. The van der Waals surface area contributed by atoms with Crippen LogP contribution < -0.4 is 0 Å². The second kappa shape index (κ2) is 4.28. The maximum Gasteiger partial charge on any atom is 0.129 e. The van der Waals surface area contributed by atoms with Gasteiger partial charge in [0.2, 0.25) is 0 Å². The highest BCUT2D eigenvalue weighted by Crippen LogP contribution is 2.08. The summed E-state index contributed by atoms with van der Waals surface area (Å²) >= 11 is 0. The average Bonchev–Trinajstić information content (AvgIpc) is 2.48. The Morgan fingerprint density at radius 2 is 2.00 bits per heavy atom. The standard InChI is InChI=1S/C9H15NO2/c1-10(2)6-5-8-3-4-9(7-11)12-8/h3-4,11H,5-7H2,1-2H3. The number of rotatable bonds is 4. The summed E-state index contributed by atoms with van der Waals surface area (Å²) in [5.41, 5.74) is 0. The van der Waals surface area contributed by atoms with Crippen molar-refractivity contribution in [3.63, 3.8) is 0 Å². The van der Waals surface area contributed by atoms with E-state index in [0.29, 0.717) is 5.76 Å². The first-order chi connectivity index (χ1) is 5.72. The van der Waals surface area contributed by atoms with Gasteiger partial charge >= 0.3 is 0 Å². The van der Waals surface area contributed by atoms with Gasteiger partial charge in [-0.1, -0.05) is 0 Å². The molecule has 3 nitrogen and oxygen atoms in total. The molecule has 1 aromatic rings. The van der Waals surface area contributed by atoms with Crippen LogP contribution in [0.25, 0.3) is 0 Å². The van der Waals surface area contributed by atoms with E-state index < -0.39 is 0 Å². The molecule has 0 aliphatic heterocycles. The van der Waals surface area contributed by atoms with E-state index in [1.54, 1.807) is 0 Å². The molecular weight excluding hydrogens is 154 g/mol. The van der Waals surface area contributed by atoms with E-state index in [0.717, 1.165) is 18.7 Å². The number of aliphatic hydroxyl groups excluding tert-OH is 1. The van der Waals surface area contributed by atoms with Crippen LogP contribution in [0.3, 0.4) is 0 Å². The lowest BCUT2D eigenvalue weighted by Gasteiger charge is -2.06. The third kappa shape index (κ3) is 2.68. The van der Waals surface area contributed by atoms with Crippen LogP contribution >= 0.6 is 0 Å². The molecule has 0 bridgehead atoms. The van der Waals surface area contributed by atoms with Crippen LogP contribution in [0, 0.1) is 0 Å². The lowest BCUT2D eigenvalue weighted by Crippen LogP contribution is -2.14. The molecule has 0 aromatic carbocycles. The van der Waals surface area contributed by atoms with Gasteiger partial charge in [-0.05, 0) is 26.2 Å². The monoisotopic (exact) mass is 169 g/mol. The molecule has 1 rings (SSSR count). The second-order valence-electron chi connectivity index (χ2n) is 3.08. The molecule has 12 heavy (non-hydrogen) atoms. The molecule has 0 saturated carbocycles. The molecule has 0 spiro atoms. The summed E-state index contributed by atoms with van der Waals surface area (Å²) in [6.45, 7) is 0.959. The SMILES string of the molecule is CN(C)CCc1ccc(CO)o1. The largest absolute Gasteiger partial charge is 0.464 e. The van der Waals surface area contributed by atoms with E-state index in [1.165, 1.54) is 0 Å². The molecule has 0 amide bonds. The van der Waals surface area contributed by atoms with Crippen LogP contribution in [0.15, 0.2) is 16.5 Å². The van der Waals surface area contributed by atoms with Crippen molar-refractivity contribution in [2.45, 2.75) is 13.0 Å². The van der Waals surface area contributed by atoms with E-state index in [4.69, 9.17) is 9.52 Å². The summed E-state index contributed by atoms with van der Waals surface area (Å²) in [7, 11) is 4.05. The molecule has 0 aliphatic carbocycles. The third-order valence-corrected chi connectivity index (χ3v) is 1.68. The van der Waals surface area contributed by atoms with Crippen LogP contribution in [-0.4, -0.2) is 30.6 Å². The third-order valence-electron chi connectivity index (χ3n) is 1.68. The molecule has 0 radical (unpaired) electrons. The number of hydrogen-bond donors (Lipinski definition) is 1. The number of hydrogen-bond acceptors (Lipinski definition) is 3. The Kier molecular flexibility index (Phi) is 3.31. The Morgan fingerprint density at radius 1 is 1.33 bits per heavy atom. The first kappa shape index (κ1) is 9.29. The summed E-state index contributed by atoms with van der Waals surface area (Å²) in [4.78, 5) is 2.10. The summed E-state index contributed by atoms with van der Waals surface area (Å²) < 4.78 is 5.31. The Hall–Kier alpha value is -0.800. The lowest BCUT2D eigenvalue weighted by molar-refractivity contribution is 0.242. The minimum atomic E-state index is -0.0119. The van der Waals surface area contributed by atoms with Gasteiger partial charge in [-0.25, -0.2) is 0 Å². The summed E-state index contributed by atoms with van der Waals surface area (Å²) in [6.07, 6.45) is 0.896. The molecule has 1 aromatic heterocycles. The fourth-order valence-electron chi connectivity index (χ4n) is 0.975. The molecular formula is C9H15NO2.